The Morgan fingerprint density at radius 2 is 1.67 bits per heavy atom. The molecule has 1 aliphatic carbocycles. The second kappa shape index (κ2) is 5.87. The number of aryl methyl sites for hydroxylation is 1. The fourth-order valence-corrected chi connectivity index (χ4v) is 3.21. The summed E-state index contributed by atoms with van der Waals surface area (Å²) in [6.45, 7) is 4.01. The van der Waals surface area contributed by atoms with Crippen LogP contribution in [0.2, 0.25) is 0 Å². The average molecular weight is 290 g/mol. The quantitative estimate of drug-likeness (QED) is 0.784. The molecule has 2 amide bonds. The molecule has 2 heterocycles. The van der Waals surface area contributed by atoms with Crippen LogP contribution in [0.4, 0.5) is 0 Å². The van der Waals surface area contributed by atoms with Crippen molar-refractivity contribution in [2.45, 2.75) is 39.0 Å². The van der Waals surface area contributed by atoms with Crippen molar-refractivity contribution in [3.8, 4) is 0 Å². The van der Waals surface area contributed by atoms with E-state index in [4.69, 9.17) is 0 Å². The Hall–Kier alpha value is -1.85. The SMILES string of the molecule is CC(=O)N1CCN(C(=O)c2n[nH]c3c2CCCCC3)CC1. The number of carbonyl (C=O) groups is 2. The zero-order chi connectivity index (χ0) is 14.8. The molecule has 1 aromatic rings. The molecule has 114 valence electrons. The molecule has 0 saturated carbocycles. The first kappa shape index (κ1) is 14.1. The van der Waals surface area contributed by atoms with E-state index in [1.54, 1.807) is 11.8 Å². The number of carbonyl (C=O) groups excluding carboxylic acids is 2. The molecule has 1 aromatic heterocycles. The molecule has 6 heteroatoms. The number of H-pyrrole nitrogens is 1. The average Bonchev–Trinajstić information content (AvgIpc) is 2.75. The van der Waals surface area contributed by atoms with Crippen LogP contribution in [0.25, 0.3) is 0 Å². The second-order valence-electron chi connectivity index (χ2n) is 5.89. The van der Waals surface area contributed by atoms with E-state index in [2.05, 4.69) is 10.2 Å². The van der Waals surface area contributed by atoms with E-state index >= 15 is 0 Å². The van der Waals surface area contributed by atoms with Crippen LogP contribution in [-0.2, 0) is 17.6 Å². The van der Waals surface area contributed by atoms with Crippen LogP contribution in [0.5, 0.6) is 0 Å². The smallest absolute Gasteiger partial charge is 0.274 e. The van der Waals surface area contributed by atoms with Crippen molar-refractivity contribution in [3.05, 3.63) is 17.0 Å². The van der Waals surface area contributed by atoms with Gasteiger partial charge in [-0.1, -0.05) is 6.42 Å². The maximum atomic E-state index is 12.7. The van der Waals surface area contributed by atoms with Crippen LogP contribution in [0.15, 0.2) is 0 Å². The third-order valence-electron chi connectivity index (χ3n) is 4.52. The summed E-state index contributed by atoms with van der Waals surface area (Å²) in [5.74, 6) is 0.0911. The Morgan fingerprint density at radius 1 is 1.00 bits per heavy atom. The van der Waals surface area contributed by atoms with Gasteiger partial charge >= 0.3 is 0 Å². The Morgan fingerprint density at radius 3 is 2.38 bits per heavy atom. The van der Waals surface area contributed by atoms with Gasteiger partial charge in [-0.25, -0.2) is 0 Å². The number of piperazine rings is 1. The molecule has 0 unspecified atom stereocenters. The van der Waals surface area contributed by atoms with Crippen molar-refractivity contribution in [1.29, 1.82) is 0 Å². The standard InChI is InChI=1S/C15H22N4O2/c1-11(20)18-7-9-19(10-8-18)15(21)14-12-5-3-2-4-6-13(12)16-17-14/h2-10H2,1H3,(H,16,17). The van der Waals surface area contributed by atoms with E-state index in [1.807, 2.05) is 4.90 Å². The predicted octanol–water partition coefficient (Wildman–Crippen LogP) is 0.983. The highest BCUT2D eigenvalue weighted by Crippen LogP contribution is 2.23. The van der Waals surface area contributed by atoms with Crippen molar-refractivity contribution in [1.82, 2.24) is 20.0 Å². The number of fused-ring (bicyclic) bond motifs is 1. The van der Waals surface area contributed by atoms with Gasteiger partial charge in [-0.05, 0) is 25.7 Å². The molecule has 1 N–H and O–H groups in total. The largest absolute Gasteiger partial charge is 0.339 e. The lowest BCUT2D eigenvalue weighted by Crippen LogP contribution is -2.50. The summed E-state index contributed by atoms with van der Waals surface area (Å²) in [7, 11) is 0. The van der Waals surface area contributed by atoms with E-state index in [-0.39, 0.29) is 11.8 Å². The molecule has 3 rings (SSSR count). The van der Waals surface area contributed by atoms with E-state index in [9.17, 15) is 9.59 Å². The van der Waals surface area contributed by atoms with Crippen LogP contribution in [0.1, 0.15) is 47.9 Å². The molecule has 1 saturated heterocycles. The molecule has 0 aromatic carbocycles. The van der Waals surface area contributed by atoms with Crippen molar-refractivity contribution in [3.63, 3.8) is 0 Å². The van der Waals surface area contributed by atoms with E-state index in [0.717, 1.165) is 30.5 Å². The van der Waals surface area contributed by atoms with Crippen LogP contribution < -0.4 is 0 Å². The van der Waals surface area contributed by atoms with Gasteiger partial charge in [-0.15, -0.1) is 0 Å². The molecular formula is C15H22N4O2. The highest BCUT2D eigenvalue weighted by Gasteiger charge is 2.28. The minimum Gasteiger partial charge on any atom is -0.339 e. The van der Waals surface area contributed by atoms with Gasteiger partial charge in [-0.2, -0.15) is 5.10 Å². The number of nitrogens with zero attached hydrogens (tertiary/aromatic N) is 3. The maximum absolute atomic E-state index is 12.7. The predicted molar refractivity (Wildman–Crippen MR) is 78.0 cm³/mol. The summed E-state index contributed by atoms with van der Waals surface area (Å²) >= 11 is 0. The number of amides is 2. The molecule has 0 atom stereocenters. The molecule has 2 aliphatic rings. The molecular weight excluding hydrogens is 268 g/mol. The lowest BCUT2D eigenvalue weighted by molar-refractivity contribution is -0.130. The normalized spacial score (nSPS) is 19.1. The van der Waals surface area contributed by atoms with Gasteiger partial charge in [0.05, 0.1) is 0 Å². The van der Waals surface area contributed by atoms with Crippen LogP contribution >= 0.6 is 0 Å². The topological polar surface area (TPSA) is 69.3 Å². The van der Waals surface area contributed by atoms with Gasteiger partial charge in [-0.3, -0.25) is 14.7 Å². The minimum atomic E-state index is 0.0117. The number of aromatic nitrogens is 2. The summed E-state index contributed by atoms with van der Waals surface area (Å²) < 4.78 is 0. The Kier molecular flexibility index (Phi) is 3.94. The molecule has 21 heavy (non-hydrogen) atoms. The molecule has 0 spiro atoms. The zero-order valence-corrected chi connectivity index (χ0v) is 12.5. The van der Waals surface area contributed by atoms with Gasteiger partial charge in [0.15, 0.2) is 5.69 Å². The summed E-state index contributed by atoms with van der Waals surface area (Å²) in [5.41, 5.74) is 2.85. The lowest BCUT2D eigenvalue weighted by Gasteiger charge is -2.34. The third-order valence-corrected chi connectivity index (χ3v) is 4.52. The Labute approximate surface area is 124 Å². The van der Waals surface area contributed by atoms with Gasteiger partial charge in [0, 0.05) is 44.4 Å². The number of aromatic amines is 1. The molecule has 6 nitrogen and oxygen atoms in total. The van der Waals surface area contributed by atoms with Crippen molar-refractivity contribution >= 4 is 11.8 Å². The first-order valence-corrected chi connectivity index (χ1v) is 7.77. The maximum Gasteiger partial charge on any atom is 0.274 e. The molecule has 1 aliphatic heterocycles. The Bertz CT molecular complexity index is 544. The van der Waals surface area contributed by atoms with Gasteiger partial charge in [0.1, 0.15) is 0 Å². The molecule has 0 radical (unpaired) electrons. The number of hydrogen-bond acceptors (Lipinski definition) is 3. The summed E-state index contributed by atoms with van der Waals surface area (Å²) in [4.78, 5) is 27.6. The van der Waals surface area contributed by atoms with E-state index in [0.29, 0.717) is 31.9 Å². The zero-order valence-electron chi connectivity index (χ0n) is 12.5. The van der Waals surface area contributed by atoms with E-state index in [1.165, 1.54) is 12.8 Å². The molecule has 0 bridgehead atoms. The van der Waals surface area contributed by atoms with Gasteiger partial charge < -0.3 is 9.80 Å². The van der Waals surface area contributed by atoms with E-state index < -0.39 is 0 Å². The van der Waals surface area contributed by atoms with Crippen LogP contribution in [-0.4, -0.2) is 58.0 Å². The highest BCUT2D eigenvalue weighted by atomic mass is 16.2. The first-order chi connectivity index (χ1) is 10.2. The number of rotatable bonds is 1. The monoisotopic (exact) mass is 290 g/mol. The molecule has 1 fully saturated rings. The summed E-state index contributed by atoms with van der Waals surface area (Å²) in [6.07, 6.45) is 5.45. The fraction of sp³-hybridized carbons (Fsp3) is 0.667. The Balaban J connectivity index is 1.72. The van der Waals surface area contributed by atoms with Gasteiger partial charge in [0.25, 0.3) is 5.91 Å². The minimum absolute atomic E-state index is 0.0117. The fourth-order valence-electron chi connectivity index (χ4n) is 3.21. The third kappa shape index (κ3) is 2.80. The van der Waals surface area contributed by atoms with Crippen LogP contribution in [0, 0.1) is 0 Å². The van der Waals surface area contributed by atoms with Crippen molar-refractivity contribution < 1.29 is 9.59 Å². The second-order valence-corrected chi connectivity index (χ2v) is 5.89. The number of hydrogen-bond donors (Lipinski definition) is 1. The van der Waals surface area contributed by atoms with Crippen molar-refractivity contribution in [2.75, 3.05) is 26.2 Å². The van der Waals surface area contributed by atoms with Crippen LogP contribution in [0.3, 0.4) is 0 Å². The first-order valence-electron chi connectivity index (χ1n) is 7.77. The van der Waals surface area contributed by atoms with Gasteiger partial charge in [0.2, 0.25) is 5.91 Å². The highest BCUT2D eigenvalue weighted by molar-refractivity contribution is 5.94. The number of nitrogens with one attached hydrogen (secondary N) is 1. The summed E-state index contributed by atoms with van der Waals surface area (Å²) in [6, 6.07) is 0. The van der Waals surface area contributed by atoms with Crippen molar-refractivity contribution in [2.24, 2.45) is 0 Å². The lowest BCUT2D eigenvalue weighted by atomic mass is 10.1. The summed E-state index contributed by atoms with van der Waals surface area (Å²) in [5, 5.41) is 7.32.